The van der Waals surface area contributed by atoms with Crippen LogP contribution in [0, 0.1) is 0 Å². The standard InChI is InChI=1S/C46H91N3O12P2/c1-3-5-7-9-11-13-15-17-19-21-23-25-27-29-31-54-35-39-60-62(50,51)42-56-33-37-58-44-41-45(49-46(47)48-44)59-38-34-57-43-63(52,53)61-40-36-55-32-30-28-26-24-22-20-18-16-14-12-10-8-6-4-2/h41H,3-40,42-43H2,1-2H3,(H,50,51)(H,52,53)(H2,47,48,49). The van der Waals surface area contributed by atoms with Crippen LogP contribution in [0.5, 0.6) is 11.8 Å². The molecule has 0 fully saturated rings. The Labute approximate surface area is 382 Å². The zero-order valence-corrected chi connectivity index (χ0v) is 41.5. The summed E-state index contributed by atoms with van der Waals surface area (Å²) in [5, 5.41) is 0. The number of hydrogen-bond donors (Lipinski definition) is 3. The summed E-state index contributed by atoms with van der Waals surface area (Å²) in [7, 11) is -7.89. The van der Waals surface area contributed by atoms with E-state index in [0.717, 1.165) is 25.7 Å². The lowest BCUT2D eigenvalue weighted by molar-refractivity contribution is 0.0797. The molecule has 372 valence electrons. The molecule has 0 bridgehead atoms. The Hall–Kier alpha value is -1.38. The van der Waals surface area contributed by atoms with Crippen LogP contribution in [0.4, 0.5) is 5.95 Å². The maximum absolute atomic E-state index is 12.3. The van der Waals surface area contributed by atoms with Gasteiger partial charge < -0.3 is 53.0 Å². The van der Waals surface area contributed by atoms with Gasteiger partial charge in [0.15, 0.2) is 0 Å². The second-order valence-corrected chi connectivity index (χ2v) is 20.1. The van der Waals surface area contributed by atoms with E-state index < -0.39 is 27.9 Å². The van der Waals surface area contributed by atoms with E-state index in [-0.39, 0.29) is 70.6 Å². The highest BCUT2D eigenvalue weighted by molar-refractivity contribution is 7.52. The molecule has 0 aliphatic heterocycles. The van der Waals surface area contributed by atoms with E-state index in [4.69, 9.17) is 43.2 Å². The average Bonchev–Trinajstić information content (AvgIpc) is 3.25. The van der Waals surface area contributed by atoms with Gasteiger partial charge >= 0.3 is 15.2 Å². The maximum atomic E-state index is 12.3. The molecule has 1 aromatic rings. The molecule has 2 unspecified atom stereocenters. The van der Waals surface area contributed by atoms with E-state index >= 15 is 0 Å². The second-order valence-electron chi connectivity index (χ2n) is 16.5. The fraction of sp³-hybridized carbons (Fsp3) is 0.913. The lowest BCUT2D eigenvalue weighted by atomic mass is 10.0. The molecule has 2 atom stereocenters. The second kappa shape index (κ2) is 43.2. The Balaban J connectivity index is 1.98. The van der Waals surface area contributed by atoms with Gasteiger partial charge in [-0.25, -0.2) is 0 Å². The minimum absolute atomic E-state index is 0.00240. The minimum atomic E-state index is -3.94. The predicted molar refractivity (Wildman–Crippen MR) is 253 cm³/mol. The summed E-state index contributed by atoms with van der Waals surface area (Å²) in [5.74, 6) is 0.131. The lowest BCUT2D eigenvalue weighted by Crippen LogP contribution is -2.12. The van der Waals surface area contributed by atoms with Crippen LogP contribution >= 0.6 is 15.2 Å². The molecule has 1 rings (SSSR count). The topological polar surface area (TPSA) is 200 Å². The van der Waals surface area contributed by atoms with Crippen molar-refractivity contribution in [1.82, 2.24) is 9.97 Å². The molecule has 0 amide bonds. The molecule has 15 nitrogen and oxygen atoms in total. The van der Waals surface area contributed by atoms with Crippen LogP contribution in [0.15, 0.2) is 6.07 Å². The van der Waals surface area contributed by atoms with Gasteiger partial charge in [0.2, 0.25) is 17.7 Å². The SMILES string of the molecule is CCCCCCCCCCCCCCCCOCCOP(=O)(O)COCCOc1cc(OCCOCP(=O)(O)OCCOCCCCCCCCCCCCCCCC)nc(N)n1. The van der Waals surface area contributed by atoms with Gasteiger partial charge in [0, 0.05) is 13.2 Å². The van der Waals surface area contributed by atoms with Crippen LogP contribution in [0.1, 0.15) is 194 Å². The Kier molecular flexibility index (Phi) is 40.9. The van der Waals surface area contributed by atoms with E-state index in [0.29, 0.717) is 13.2 Å². The van der Waals surface area contributed by atoms with Crippen LogP contribution in [-0.2, 0) is 37.1 Å². The van der Waals surface area contributed by atoms with Crippen LogP contribution in [0.2, 0.25) is 0 Å². The molecule has 0 saturated carbocycles. The van der Waals surface area contributed by atoms with E-state index in [1.807, 2.05) is 0 Å². The fourth-order valence-corrected chi connectivity index (χ4v) is 8.48. The number of nitrogens with zero attached hydrogens (tertiary/aromatic N) is 2. The van der Waals surface area contributed by atoms with Crippen LogP contribution in [-0.4, -0.2) is 98.5 Å². The summed E-state index contributed by atoms with van der Waals surface area (Å²) in [5.41, 5.74) is 5.77. The molecule has 1 aromatic heterocycles. The van der Waals surface area contributed by atoms with E-state index in [2.05, 4.69) is 23.8 Å². The zero-order valence-electron chi connectivity index (χ0n) is 39.7. The highest BCUT2D eigenvalue weighted by atomic mass is 31.2. The van der Waals surface area contributed by atoms with Crippen LogP contribution < -0.4 is 15.2 Å². The van der Waals surface area contributed by atoms with Gasteiger partial charge in [-0.15, -0.1) is 0 Å². The third-order valence-electron chi connectivity index (χ3n) is 10.5. The van der Waals surface area contributed by atoms with Gasteiger partial charge in [0.25, 0.3) is 0 Å². The number of aromatic nitrogens is 2. The monoisotopic (exact) mass is 940 g/mol. The lowest BCUT2D eigenvalue weighted by Gasteiger charge is -2.14. The molecule has 0 saturated heterocycles. The van der Waals surface area contributed by atoms with E-state index in [1.165, 1.54) is 160 Å². The minimum Gasteiger partial charge on any atom is -0.475 e. The smallest absolute Gasteiger partial charge is 0.353 e. The number of anilines is 1. The highest BCUT2D eigenvalue weighted by Gasteiger charge is 2.20. The highest BCUT2D eigenvalue weighted by Crippen LogP contribution is 2.42. The number of nitrogens with two attached hydrogens (primary N) is 1. The van der Waals surface area contributed by atoms with E-state index in [1.54, 1.807) is 0 Å². The quantitative estimate of drug-likeness (QED) is 0.0411. The van der Waals surface area contributed by atoms with Crippen LogP contribution in [0.25, 0.3) is 0 Å². The fourth-order valence-electron chi connectivity index (χ4n) is 6.89. The molecule has 1 heterocycles. The van der Waals surface area contributed by atoms with Crippen LogP contribution in [0.3, 0.4) is 0 Å². The first-order valence-corrected chi connectivity index (χ1v) is 28.3. The normalized spacial score (nSPS) is 13.6. The Bertz CT molecular complexity index is 1170. The molecule has 0 aliphatic carbocycles. The predicted octanol–water partition coefficient (Wildman–Crippen LogP) is 12.2. The summed E-state index contributed by atoms with van der Waals surface area (Å²) in [6.07, 6.45) is 35.4. The molecular weight excluding hydrogens is 848 g/mol. The molecular formula is C46H91N3O12P2. The Morgan fingerprint density at radius 2 is 0.698 bits per heavy atom. The third-order valence-corrected chi connectivity index (χ3v) is 12.7. The molecule has 17 heteroatoms. The van der Waals surface area contributed by atoms with Crippen molar-refractivity contribution in [1.29, 1.82) is 0 Å². The van der Waals surface area contributed by atoms with Gasteiger partial charge in [0.05, 0.1) is 45.7 Å². The first-order valence-electron chi connectivity index (χ1n) is 24.8. The first-order chi connectivity index (χ1) is 30.7. The Morgan fingerprint density at radius 3 is 1.02 bits per heavy atom. The first kappa shape index (κ1) is 59.6. The van der Waals surface area contributed by atoms with Crippen molar-refractivity contribution in [3.05, 3.63) is 6.07 Å². The van der Waals surface area contributed by atoms with Crippen molar-refractivity contribution < 1.29 is 56.4 Å². The van der Waals surface area contributed by atoms with Crippen molar-refractivity contribution >= 4 is 21.1 Å². The van der Waals surface area contributed by atoms with Crippen molar-refractivity contribution in [2.75, 3.05) is 84.5 Å². The average molecular weight is 940 g/mol. The third kappa shape index (κ3) is 41.8. The summed E-state index contributed by atoms with van der Waals surface area (Å²) in [6.45, 7) is 6.23. The van der Waals surface area contributed by atoms with Gasteiger partial charge in [-0.05, 0) is 12.8 Å². The number of ether oxygens (including phenoxy) is 6. The number of nitrogen functional groups attached to an aromatic ring is 1. The zero-order chi connectivity index (χ0) is 45.8. The summed E-state index contributed by atoms with van der Waals surface area (Å²) >= 11 is 0. The number of rotatable bonds is 50. The van der Waals surface area contributed by atoms with Crippen molar-refractivity contribution in [2.24, 2.45) is 0 Å². The Morgan fingerprint density at radius 1 is 0.413 bits per heavy atom. The molecule has 63 heavy (non-hydrogen) atoms. The van der Waals surface area contributed by atoms with Gasteiger partial charge in [0.1, 0.15) is 25.9 Å². The van der Waals surface area contributed by atoms with Crippen molar-refractivity contribution in [3.63, 3.8) is 0 Å². The molecule has 4 N–H and O–H groups in total. The summed E-state index contributed by atoms with van der Waals surface area (Å²) in [6, 6.07) is 1.41. The molecule has 0 spiro atoms. The van der Waals surface area contributed by atoms with Crippen molar-refractivity contribution in [2.45, 2.75) is 194 Å². The number of hydrogen-bond acceptors (Lipinski definition) is 13. The molecule has 0 radical (unpaired) electrons. The molecule has 0 aromatic carbocycles. The van der Waals surface area contributed by atoms with Gasteiger partial charge in [-0.3, -0.25) is 9.13 Å². The summed E-state index contributed by atoms with van der Waals surface area (Å²) in [4.78, 5) is 28.1. The molecule has 0 aliphatic rings. The number of unbranched alkanes of at least 4 members (excludes halogenated alkanes) is 26. The summed E-state index contributed by atoms with van der Waals surface area (Å²) < 4.78 is 67.5. The van der Waals surface area contributed by atoms with Gasteiger partial charge in [-0.2, -0.15) is 9.97 Å². The van der Waals surface area contributed by atoms with Crippen molar-refractivity contribution in [3.8, 4) is 11.8 Å². The largest absolute Gasteiger partial charge is 0.475 e. The van der Waals surface area contributed by atoms with Gasteiger partial charge in [-0.1, -0.05) is 181 Å². The van der Waals surface area contributed by atoms with E-state index in [9.17, 15) is 18.9 Å². The maximum Gasteiger partial charge on any atom is 0.353 e.